The van der Waals surface area contributed by atoms with Crippen LogP contribution in [0, 0.1) is 6.92 Å². The van der Waals surface area contributed by atoms with Crippen LogP contribution in [0.15, 0.2) is 12.4 Å². The molecule has 1 aliphatic carbocycles. The molecule has 64 valence electrons. The van der Waals surface area contributed by atoms with Crippen LogP contribution < -0.4 is 0 Å². The van der Waals surface area contributed by atoms with Crippen LogP contribution in [-0.2, 0) is 0 Å². The van der Waals surface area contributed by atoms with Crippen molar-refractivity contribution in [2.75, 3.05) is 0 Å². The summed E-state index contributed by atoms with van der Waals surface area (Å²) in [4.78, 5) is 4.13. The molecular weight excluding hydrogens is 150 g/mol. The normalized spacial score (nSPS) is 27.2. The van der Waals surface area contributed by atoms with Gasteiger partial charge in [0, 0.05) is 12.4 Å². The van der Waals surface area contributed by atoms with Crippen LogP contribution >= 0.6 is 0 Å². The number of nitrogens with zero attached hydrogens (tertiary/aromatic N) is 1. The number of aliphatic hydroxyl groups excluding tert-OH is 1. The molecule has 0 unspecified atom stereocenters. The molecule has 0 fully saturated rings. The molecule has 0 bridgehead atoms. The van der Waals surface area contributed by atoms with Gasteiger partial charge in [-0.05, 0) is 36.0 Å². The fraction of sp³-hybridized carbons (Fsp3) is 0.500. The summed E-state index contributed by atoms with van der Waals surface area (Å²) in [5, 5.41) is 9.70. The summed E-state index contributed by atoms with van der Waals surface area (Å²) in [5.41, 5.74) is 3.45. The highest BCUT2D eigenvalue weighted by molar-refractivity contribution is 5.39. The van der Waals surface area contributed by atoms with Crippen LogP contribution in [-0.4, -0.2) is 10.1 Å². The van der Waals surface area contributed by atoms with Crippen molar-refractivity contribution in [3.63, 3.8) is 0 Å². The Balaban J connectivity index is 2.59. The van der Waals surface area contributed by atoms with E-state index in [0.717, 1.165) is 17.5 Å². The predicted octanol–water partition coefficient (Wildman–Crippen LogP) is 1.93. The Hall–Kier alpha value is -0.890. The number of aryl methyl sites for hydroxylation is 1. The third-order valence-electron chi connectivity index (χ3n) is 2.66. The Bertz CT molecular complexity index is 309. The van der Waals surface area contributed by atoms with E-state index in [1.807, 2.05) is 19.3 Å². The van der Waals surface area contributed by atoms with Gasteiger partial charge in [-0.25, -0.2) is 0 Å². The Labute approximate surface area is 72.3 Å². The molecule has 0 amide bonds. The highest BCUT2D eigenvalue weighted by Crippen LogP contribution is 2.40. The van der Waals surface area contributed by atoms with Crippen molar-refractivity contribution in [1.82, 2.24) is 4.98 Å². The van der Waals surface area contributed by atoms with E-state index in [0.29, 0.717) is 5.92 Å². The van der Waals surface area contributed by atoms with Gasteiger partial charge in [0.15, 0.2) is 0 Å². The summed E-state index contributed by atoms with van der Waals surface area (Å²) in [6, 6.07) is 0. The number of rotatable bonds is 0. The molecule has 2 heteroatoms. The summed E-state index contributed by atoms with van der Waals surface area (Å²) in [7, 11) is 0. The van der Waals surface area contributed by atoms with E-state index in [-0.39, 0.29) is 6.10 Å². The number of hydrogen-bond donors (Lipinski definition) is 1. The van der Waals surface area contributed by atoms with Gasteiger partial charge >= 0.3 is 0 Å². The molecule has 2 nitrogen and oxygen atoms in total. The minimum absolute atomic E-state index is 0.266. The zero-order chi connectivity index (χ0) is 8.72. The average molecular weight is 163 g/mol. The fourth-order valence-corrected chi connectivity index (χ4v) is 2.02. The van der Waals surface area contributed by atoms with E-state index in [4.69, 9.17) is 0 Å². The maximum atomic E-state index is 9.70. The average Bonchev–Trinajstić information content (AvgIpc) is 2.29. The number of pyridine rings is 1. The molecular formula is C10H13NO. The molecule has 0 aromatic carbocycles. The van der Waals surface area contributed by atoms with Crippen molar-refractivity contribution < 1.29 is 5.11 Å². The fourth-order valence-electron chi connectivity index (χ4n) is 2.02. The molecule has 12 heavy (non-hydrogen) atoms. The lowest BCUT2D eigenvalue weighted by Crippen LogP contribution is -1.94. The Morgan fingerprint density at radius 2 is 2.25 bits per heavy atom. The molecule has 2 atom stereocenters. The second-order valence-corrected chi connectivity index (χ2v) is 3.61. The molecule has 0 radical (unpaired) electrons. The van der Waals surface area contributed by atoms with E-state index in [1.165, 1.54) is 5.56 Å². The number of fused-ring (bicyclic) bond motifs is 1. The second kappa shape index (κ2) is 2.56. The third kappa shape index (κ3) is 0.950. The first-order chi connectivity index (χ1) is 5.70. The van der Waals surface area contributed by atoms with Crippen molar-refractivity contribution in [3.8, 4) is 0 Å². The Morgan fingerprint density at radius 1 is 1.50 bits per heavy atom. The number of aliphatic hydroxyl groups is 1. The molecule has 0 saturated carbocycles. The monoisotopic (exact) mass is 163 g/mol. The molecule has 0 aliphatic heterocycles. The molecule has 1 aliphatic rings. The van der Waals surface area contributed by atoms with E-state index in [1.54, 1.807) is 0 Å². The number of aromatic nitrogens is 1. The van der Waals surface area contributed by atoms with Gasteiger partial charge in [0.05, 0.1) is 6.10 Å². The topological polar surface area (TPSA) is 33.1 Å². The number of hydrogen-bond acceptors (Lipinski definition) is 2. The van der Waals surface area contributed by atoms with Gasteiger partial charge in [0.2, 0.25) is 0 Å². The molecule has 1 aromatic rings. The van der Waals surface area contributed by atoms with E-state index in [9.17, 15) is 5.11 Å². The van der Waals surface area contributed by atoms with Gasteiger partial charge < -0.3 is 5.11 Å². The first-order valence-corrected chi connectivity index (χ1v) is 4.32. The maximum absolute atomic E-state index is 9.70. The minimum atomic E-state index is -0.266. The molecule has 0 spiro atoms. The maximum Gasteiger partial charge on any atom is 0.0802 e. The Morgan fingerprint density at radius 3 is 2.92 bits per heavy atom. The zero-order valence-electron chi connectivity index (χ0n) is 7.41. The van der Waals surface area contributed by atoms with Crippen molar-refractivity contribution >= 4 is 0 Å². The lowest BCUT2D eigenvalue weighted by atomic mass is 10.0. The van der Waals surface area contributed by atoms with Crippen molar-refractivity contribution in [2.24, 2.45) is 0 Å². The van der Waals surface area contributed by atoms with E-state index < -0.39 is 0 Å². The smallest absolute Gasteiger partial charge is 0.0802 e. The van der Waals surface area contributed by atoms with Crippen molar-refractivity contribution in [1.29, 1.82) is 0 Å². The van der Waals surface area contributed by atoms with E-state index >= 15 is 0 Å². The highest BCUT2D eigenvalue weighted by atomic mass is 16.3. The van der Waals surface area contributed by atoms with Crippen LogP contribution in [0.4, 0.5) is 0 Å². The van der Waals surface area contributed by atoms with Crippen LogP contribution in [0.5, 0.6) is 0 Å². The summed E-state index contributed by atoms with van der Waals surface area (Å²) in [6.07, 6.45) is 4.28. The van der Waals surface area contributed by atoms with Crippen LogP contribution in [0.2, 0.25) is 0 Å². The van der Waals surface area contributed by atoms with Gasteiger partial charge in [0.25, 0.3) is 0 Å². The van der Waals surface area contributed by atoms with Gasteiger partial charge in [-0.15, -0.1) is 0 Å². The van der Waals surface area contributed by atoms with E-state index in [2.05, 4.69) is 11.9 Å². The Kier molecular flexibility index (Phi) is 1.65. The van der Waals surface area contributed by atoms with Gasteiger partial charge in [-0.2, -0.15) is 0 Å². The second-order valence-electron chi connectivity index (χ2n) is 3.61. The first kappa shape index (κ1) is 7.74. The standard InChI is InChI=1S/C10H13NO/c1-6-3-9(12)10-7(2)4-11-5-8(6)10/h4-6,9,12H,3H2,1-2H3/t6-,9+/m0/s1. The summed E-state index contributed by atoms with van der Waals surface area (Å²) >= 11 is 0. The lowest BCUT2D eigenvalue weighted by Gasteiger charge is -2.06. The molecule has 0 saturated heterocycles. The predicted molar refractivity (Wildman–Crippen MR) is 47.0 cm³/mol. The quantitative estimate of drug-likeness (QED) is 0.634. The molecule has 2 rings (SSSR count). The molecule has 1 aromatic heterocycles. The molecule has 1 heterocycles. The van der Waals surface area contributed by atoms with Gasteiger partial charge in [0.1, 0.15) is 0 Å². The summed E-state index contributed by atoms with van der Waals surface area (Å²) in [6.45, 7) is 4.14. The van der Waals surface area contributed by atoms with Crippen LogP contribution in [0.1, 0.15) is 42.1 Å². The largest absolute Gasteiger partial charge is 0.388 e. The van der Waals surface area contributed by atoms with Gasteiger partial charge in [-0.1, -0.05) is 6.92 Å². The highest BCUT2D eigenvalue weighted by Gasteiger charge is 2.27. The lowest BCUT2D eigenvalue weighted by molar-refractivity contribution is 0.174. The third-order valence-corrected chi connectivity index (χ3v) is 2.66. The minimum Gasteiger partial charge on any atom is -0.388 e. The van der Waals surface area contributed by atoms with Gasteiger partial charge in [-0.3, -0.25) is 4.98 Å². The zero-order valence-corrected chi connectivity index (χ0v) is 7.41. The van der Waals surface area contributed by atoms with Crippen molar-refractivity contribution in [2.45, 2.75) is 32.3 Å². The van der Waals surface area contributed by atoms with Crippen molar-refractivity contribution in [3.05, 3.63) is 29.1 Å². The first-order valence-electron chi connectivity index (χ1n) is 4.32. The molecule has 1 N–H and O–H groups in total. The van der Waals surface area contributed by atoms with Crippen LogP contribution in [0.3, 0.4) is 0 Å². The summed E-state index contributed by atoms with van der Waals surface area (Å²) < 4.78 is 0. The summed E-state index contributed by atoms with van der Waals surface area (Å²) in [5.74, 6) is 0.461. The van der Waals surface area contributed by atoms with Crippen LogP contribution in [0.25, 0.3) is 0 Å². The SMILES string of the molecule is Cc1cncc2c1[C@H](O)C[C@@H]2C.